The van der Waals surface area contributed by atoms with E-state index < -0.39 is 0 Å². The Labute approximate surface area is 163 Å². The molecule has 6 heteroatoms. The van der Waals surface area contributed by atoms with Crippen molar-refractivity contribution in [1.82, 2.24) is 10.3 Å². The van der Waals surface area contributed by atoms with Crippen molar-refractivity contribution in [1.29, 1.82) is 0 Å². The molecule has 1 heterocycles. The summed E-state index contributed by atoms with van der Waals surface area (Å²) in [6.45, 7) is 4.32. The second kappa shape index (κ2) is 8.68. The number of aromatic nitrogens is 1. The number of benzene rings is 2. The van der Waals surface area contributed by atoms with Gasteiger partial charge in [0.05, 0.1) is 17.8 Å². The Morgan fingerprint density at radius 1 is 1.22 bits per heavy atom. The molecule has 1 aromatic heterocycles. The molecule has 3 rings (SSSR count). The van der Waals surface area contributed by atoms with Crippen LogP contribution in [-0.2, 0) is 11.3 Å². The van der Waals surface area contributed by atoms with Gasteiger partial charge in [-0.15, -0.1) is 11.3 Å². The number of nitrogens with zero attached hydrogens (tertiary/aromatic N) is 1. The summed E-state index contributed by atoms with van der Waals surface area (Å²) in [6, 6.07) is 15.3. The summed E-state index contributed by atoms with van der Waals surface area (Å²) in [4.78, 5) is 16.9. The summed E-state index contributed by atoms with van der Waals surface area (Å²) in [5.74, 6) is 0.746. The van der Waals surface area contributed by atoms with Crippen LogP contribution in [0, 0.1) is 6.92 Å². The van der Waals surface area contributed by atoms with Crippen LogP contribution in [0.2, 0.25) is 0 Å². The van der Waals surface area contributed by atoms with Gasteiger partial charge in [-0.25, -0.2) is 4.98 Å². The molecule has 0 fully saturated rings. The fourth-order valence-electron chi connectivity index (χ4n) is 2.67. The van der Waals surface area contributed by atoms with Gasteiger partial charge in [-0.1, -0.05) is 24.3 Å². The van der Waals surface area contributed by atoms with E-state index in [-0.39, 0.29) is 11.9 Å². The number of anilines is 1. The van der Waals surface area contributed by atoms with Crippen molar-refractivity contribution >= 4 is 22.9 Å². The topological polar surface area (TPSA) is 63.2 Å². The molecular formula is C21H23N3O2S. The third-order valence-corrected chi connectivity index (χ3v) is 4.95. The fraction of sp³-hybridized carbons (Fsp3) is 0.238. The highest BCUT2D eigenvalue weighted by Crippen LogP contribution is 2.24. The zero-order valence-corrected chi connectivity index (χ0v) is 16.5. The summed E-state index contributed by atoms with van der Waals surface area (Å²) >= 11 is 1.63. The largest absolute Gasteiger partial charge is 0.497 e. The lowest BCUT2D eigenvalue weighted by Gasteiger charge is -2.16. The van der Waals surface area contributed by atoms with Gasteiger partial charge in [-0.3, -0.25) is 4.79 Å². The maximum Gasteiger partial charge on any atom is 0.242 e. The molecule has 0 saturated carbocycles. The summed E-state index contributed by atoms with van der Waals surface area (Å²) in [6.07, 6.45) is 0. The quantitative estimate of drug-likeness (QED) is 0.642. The number of hydrogen-bond acceptors (Lipinski definition) is 5. The van der Waals surface area contributed by atoms with Crippen LogP contribution < -0.4 is 15.4 Å². The molecule has 0 aliphatic heterocycles. The molecule has 3 aromatic rings. The van der Waals surface area contributed by atoms with Crippen LogP contribution in [0.25, 0.3) is 11.3 Å². The van der Waals surface area contributed by atoms with E-state index in [0.717, 1.165) is 33.3 Å². The first-order valence-electron chi connectivity index (χ1n) is 8.75. The van der Waals surface area contributed by atoms with Crippen molar-refractivity contribution in [2.45, 2.75) is 26.4 Å². The standard InChI is InChI=1S/C21H23N3O2S/c1-14(21(25)22-12-16-7-9-19(26-3)10-8-16)23-18-6-4-5-17(11-18)20-13-27-15(2)24-20/h4-11,13-14,23H,12H2,1-3H3,(H,22,25)/t14-/m0/s1. The summed E-state index contributed by atoms with van der Waals surface area (Å²) in [7, 11) is 1.63. The first-order chi connectivity index (χ1) is 13.0. The van der Waals surface area contributed by atoms with Gasteiger partial charge in [0.1, 0.15) is 11.8 Å². The van der Waals surface area contributed by atoms with E-state index in [4.69, 9.17) is 4.74 Å². The average Bonchev–Trinajstić information content (AvgIpc) is 3.13. The van der Waals surface area contributed by atoms with Crippen LogP contribution in [0.1, 0.15) is 17.5 Å². The number of nitrogens with one attached hydrogen (secondary N) is 2. The zero-order valence-electron chi connectivity index (χ0n) is 15.7. The van der Waals surface area contributed by atoms with E-state index in [9.17, 15) is 4.79 Å². The predicted octanol–water partition coefficient (Wildman–Crippen LogP) is 4.24. The van der Waals surface area contributed by atoms with Crippen LogP contribution in [0.5, 0.6) is 5.75 Å². The van der Waals surface area contributed by atoms with Gasteiger partial charge in [0.25, 0.3) is 0 Å². The van der Waals surface area contributed by atoms with Crippen LogP contribution >= 0.6 is 11.3 Å². The molecule has 5 nitrogen and oxygen atoms in total. The number of amides is 1. The molecule has 27 heavy (non-hydrogen) atoms. The molecule has 0 aliphatic rings. The Morgan fingerprint density at radius 2 is 2.00 bits per heavy atom. The van der Waals surface area contributed by atoms with Crippen molar-refractivity contribution < 1.29 is 9.53 Å². The third-order valence-electron chi connectivity index (χ3n) is 4.18. The van der Waals surface area contributed by atoms with Crippen molar-refractivity contribution in [3.8, 4) is 17.0 Å². The van der Waals surface area contributed by atoms with Gasteiger partial charge >= 0.3 is 0 Å². The molecule has 0 aliphatic carbocycles. The van der Waals surface area contributed by atoms with E-state index in [1.807, 2.05) is 67.8 Å². The number of carbonyl (C=O) groups excluding carboxylic acids is 1. The Hall–Kier alpha value is -2.86. The molecule has 1 amide bonds. The summed E-state index contributed by atoms with van der Waals surface area (Å²) in [5, 5.41) is 9.29. The molecule has 0 unspecified atom stereocenters. The first kappa shape index (κ1) is 18.9. The van der Waals surface area contributed by atoms with Gasteiger partial charge < -0.3 is 15.4 Å². The normalized spacial score (nSPS) is 11.7. The number of carbonyl (C=O) groups is 1. The number of hydrogen-bond donors (Lipinski definition) is 2. The van der Waals surface area contributed by atoms with Crippen LogP contribution in [0.4, 0.5) is 5.69 Å². The van der Waals surface area contributed by atoms with Crippen LogP contribution in [0.3, 0.4) is 0 Å². The minimum atomic E-state index is -0.351. The number of methoxy groups -OCH3 is 1. The maximum absolute atomic E-state index is 12.4. The summed E-state index contributed by atoms with van der Waals surface area (Å²) in [5.41, 5.74) is 3.91. The third kappa shape index (κ3) is 5.08. The monoisotopic (exact) mass is 381 g/mol. The van der Waals surface area contributed by atoms with Crippen molar-refractivity contribution in [2.75, 3.05) is 12.4 Å². The summed E-state index contributed by atoms with van der Waals surface area (Å²) < 4.78 is 5.14. The Bertz CT molecular complexity index is 906. The molecule has 0 bridgehead atoms. The average molecular weight is 382 g/mol. The Balaban J connectivity index is 1.57. The van der Waals surface area contributed by atoms with Crippen LogP contribution in [-0.4, -0.2) is 24.0 Å². The lowest BCUT2D eigenvalue weighted by Crippen LogP contribution is -2.37. The minimum Gasteiger partial charge on any atom is -0.497 e. The molecule has 2 aromatic carbocycles. The molecular weight excluding hydrogens is 358 g/mol. The number of thiazole rings is 1. The molecule has 0 spiro atoms. The second-order valence-electron chi connectivity index (χ2n) is 6.26. The van der Waals surface area contributed by atoms with Gasteiger partial charge in [-0.05, 0) is 43.7 Å². The maximum atomic E-state index is 12.4. The molecule has 140 valence electrons. The predicted molar refractivity (Wildman–Crippen MR) is 110 cm³/mol. The van der Waals surface area contributed by atoms with Crippen molar-refractivity contribution in [3.63, 3.8) is 0 Å². The van der Waals surface area contributed by atoms with Gasteiger partial charge in [0.2, 0.25) is 5.91 Å². The SMILES string of the molecule is COc1ccc(CNC(=O)[C@H](C)Nc2cccc(-c3csc(C)n3)c2)cc1. The Kier molecular flexibility index (Phi) is 6.08. The van der Waals surface area contributed by atoms with E-state index in [1.54, 1.807) is 18.4 Å². The lowest BCUT2D eigenvalue weighted by molar-refractivity contribution is -0.121. The second-order valence-corrected chi connectivity index (χ2v) is 7.33. The molecule has 1 atom stereocenters. The van der Waals surface area contributed by atoms with Gasteiger partial charge in [-0.2, -0.15) is 0 Å². The number of aryl methyl sites for hydroxylation is 1. The van der Waals surface area contributed by atoms with E-state index in [2.05, 4.69) is 15.6 Å². The van der Waals surface area contributed by atoms with Crippen molar-refractivity contribution in [3.05, 3.63) is 64.5 Å². The van der Waals surface area contributed by atoms with Crippen molar-refractivity contribution in [2.24, 2.45) is 0 Å². The van der Waals surface area contributed by atoms with E-state index in [1.165, 1.54) is 0 Å². The lowest BCUT2D eigenvalue weighted by atomic mass is 10.1. The number of ether oxygens (including phenoxy) is 1. The highest BCUT2D eigenvalue weighted by atomic mass is 32.1. The first-order valence-corrected chi connectivity index (χ1v) is 9.63. The minimum absolute atomic E-state index is 0.0549. The van der Waals surface area contributed by atoms with E-state index >= 15 is 0 Å². The zero-order chi connectivity index (χ0) is 19.2. The molecule has 0 radical (unpaired) electrons. The van der Waals surface area contributed by atoms with E-state index in [0.29, 0.717) is 6.54 Å². The molecule has 2 N–H and O–H groups in total. The highest BCUT2D eigenvalue weighted by molar-refractivity contribution is 7.09. The van der Waals surface area contributed by atoms with Gasteiger partial charge in [0.15, 0.2) is 0 Å². The Morgan fingerprint density at radius 3 is 2.67 bits per heavy atom. The smallest absolute Gasteiger partial charge is 0.242 e. The molecule has 0 saturated heterocycles. The fourth-order valence-corrected chi connectivity index (χ4v) is 3.29. The number of rotatable bonds is 7. The van der Waals surface area contributed by atoms with Gasteiger partial charge in [0, 0.05) is 23.2 Å². The van der Waals surface area contributed by atoms with Crippen LogP contribution in [0.15, 0.2) is 53.9 Å². The highest BCUT2D eigenvalue weighted by Gasteiger charge is 2.13.